The van der Waals surface area contributed by atoms with Gasteiger partial charge in [0.1, 0.15) is 12.1 Å². The highest BCUT2D eigenvalue weighted by Gasteiger charge is 2.34. The molecule has 0 radical (unpaired) electrons. The van der Waals surface area contributed by atoms with Crippen molar-refractivity contribution in [3.8, 4) is 0 Å². The molecule has 1 saturated heterocycles. The highest BCUT2D eigenvalue weighted by atomic mass is 15.4. The number of anilines is 2. The summed E-state index contributed by atoms with van der Waals surface area (Å²) in [6, 6.07) is 4.63. The molecule has 0 atom stereocenters. The highest BCUT2D eigenvalue weighted by molar-refractivity contribution is 5.56. The van der Waals surface area contributed by atoms with Gasteiger partial charge in [0, 0.05) is 37.3 Å². The maximum absolute atomic E-state index is 4.51. The van der Waals surface area contributed by atoms with Gasteiger partial charge in [-0.05, 0) is 38.8 Å². The van der Waals surface area contributed by atoms with Crippen LogP contribution < -0.4 is 9.80 Å². The van der Waals surface area contributed by atoms with Crippen LogP contribution in [0, 0.1) is 13.8 Å². The van der Waals surface area contributed by atoms with Crippen LogP contribution in [0.3, 0.4) is 0 Å². The molecule has 3 aromatic heterocycles. The molecule has 26 heavy (non-hydrogen) atoms. The number of aromatic nitrogens is 6. The Bertz CT molecular complexity index is 953. The molecule has 0 amide bonds. The summed E-state index contributed by atoms with van der Waals surface area (Å²) in [5.41, 5.74) is 3.27. The minimum Gasteiger partial charge on any atom is -0.353 e. The molecule has 4 heterocycles. The van der Waals surface area contributed by atoms with E-state index in [1.165, 1.54) is 12.8 Å². The highest BCUT2D eigenvalue weighted by Crippen LogP contribution is 2.39. The average molecular weight is 350 g/mol. The van der Waals surface area contributed by atoms with E-state index in [2.05, 4.69) is 61.2 Å². The van der Waals surface area contributed by atoms with Gasteiger partial charge in [0.05, 0.1) is 11.7 Å². The summed E-state index contributed by atoms with van der Waals surface area (Å²) in [5.74, 6) is 3.32. The Balaban J connectivity index is 1.34. The first-order chi connectivity index (χ1) is 12.6. The number of fused-ring (bicyclic) bond motifs is 1. The van der Waals surface area contributed by atoms with Gasteiger partial charge in [-0.3, -0.25) is 0 Å². The molecule has 0 aromatic carbocycles. The smallest absolute Gasteiger partial charge is 0.254 e. The van der Waals surface area contributed by atoms with E-state index in [4.69, 9.17) is 0 Å². The first kappa shape index (κ1) is 15.5. The molecule has 0 unspecified atom stereocenters. The number of hydrogen-bond donors (Lipinski definition) is 0. The summed E-state index contributed by atoms with van der Waals surface area (Å²) in [5, 5.41) is 13.2. The second kappa shape index (κ2) is 5.62. The van der Waals surface area contributed by atoms with Crippen LogP contribution >= 0.6 is 0 Å². The van der Waals surface area contributed by atoms with Gasteiger partial charge >= 0.3 is 0 Å². The molecule has 1 aliphatic heterocycles. The second-order valence-electron chi connectivity index (χ2n) is 7.38. The maximum atomic E-state index is 4.51. The van der Waals surface area contributed by atoms with Gasteiger partial charge in [0.25, 0.3) is 5.78 Å². The fourth-order valence-corrected chi connectivity index (χ4v) is 3.59. The predicted octanol–water partition coefficient (Wildman–Crippen LogP) is 1.73. The van der Waals surface area contributed by atoms with Crippen molar-refractivity contribution in [3.05, 3.63) is 35.4 Å². The summed E-state index contributed by atoms with van der Waals surface area (Å²) < 4.78 is 1.83. The van der Waals surface area contributed by atoms with Crippen LogP contribution in [0.15, 0.2) is 18.5 Å². The van der Waals surface area contributed by atoms with Crippen LogP contribution in [0.1, 0.15) is 35.7 Å². The summed E-state index contributed by atoms with van der Waals surface area (Å²) in [6.45, 7) is 5.95. The van der Waals surface area contributed by atoms with Crippen molar-refractivity contribution in [2.24, 2.45) is 0 Å². The van der Waals surface area contributed by atoms with E-state index < -0.39 is 0 Å². The molecule has 2 aliphatic rings. The van der Waals surface area contributed by atoms with Crippen molar-refractivity contribution in [1.29, 1.82) is 0 Å². The van der Waals surface area contributed by atoms with Gasteiger partial charge in [-0.1, -0.05) is 0 Å². The molecular formula is C18H22N8. The molecule has 8 nitrogen and oxygen atoms in total. The van der Waals surface area contributed by atoms with E-state index >= 15 is 0 Å². The lowest BCUT2D eigenvalue weighted by molar-refractivity contribution is 0.484. The van der Waals surface area contributed by atoms with E-state index in [0.717, 1.165) is 41.7 Å². The Hall–Kier alpha value is -2.77. The monoisotopic (exact) mass is 350 g/mol. The first-order valence-electron chi connectivity index (χ1n) is 9.10. The fourth-order valence-electron chi connectivity index (χ4n) is 3.59. The summed E-state index contributed by atoms with van der Waals surface area (Å²) in [4.78, 5) is 13.3. The zero-order valence-corrected chi connectivity index (χ0v) is 15.3. The van der Waals surface area contributed by atoms with Gasteiger partial charge in [-0.2, -0.15) is 19.7 Å². The third-order valence-electron chi connectivity index (χ3n) is 5.61. The standard InChI is InChI=1S/C18H22N8/c1-11-12(2)21-18-19-10-20-26(18)17(11)24(3)14-8-25(9-14)16-7-6-15(22-23-16)13-4-5-13/h6-7,10,13-14H,4-5,8-9H2,1-3H3. The Morgan fingerprint density at radius 2 is 1.92 bits per heavy atom. The van der Waals surface area contributed by atoms with Crippen LogP contribution in [-0.2, 0) is 0 Å². The normalized spacial score (nSPS) is 17.6. The first-order valence-corrected chi connectivity index (χ1v) is 9.10. The Morgan fingerprint density at radius 1 is 1.12 bits per heavy atom. The summed E-state index contributed by atoms with van der Waals surface area (Å²) in [6.07, 6.45) is 4.07. The molecule has 8 heteroatoms. The van der Waals surface area contributed by atoms with Crippen LogP contribution in [0.5, 0.6) is 0 Å². The second-order valence-corrected chi connectivity index (χ2v) is 7.38. The third-order valence-corrected chi connectivity index (χ3v) is 5.61. The average Bonchev–Trinajstić information content (AvgIpc) is 3.35. The third kappa shape index (κ3) is 2.40. The van der Waals surface area contributed by atoms with Gasteiger partial charge in [-0.25, -0.2) is 4.98 Å². The number of aryl methyl sites for hydroxylation is 1. The van der Waals surface area contributed by atoms with Crippen LogP contribution in [0.2, 0.25) is 0 Å². The van der Waals surface area contributed by atoms with Crippen molar-refractivity contribution >= 4 is 17.4 Å². The lowest BCUT2D eigenvalue weighted by atomic mass is 10.1. The number of nitrogens with zero attached hydrogens (tertiary/aromatic N) is 8. The van der Waals surface area contributed by atoms with Crippen molar-refractivity contribution in [3.63, 3.8) is 0 Å². The molecule has 0 spiro atoms. The molecule has 1 aliphatic carbocycles. The topological polar surface area (TPSA) is 75.3 Å². The molecular weight excluding hydrogens is 328 g/mol. The Morgan fingerprint density at radius 3 is 2.62 bits per heavy atom. The van der Waals surface area contributed by atoms with Gasteiger partial charge in [0.15, 0.2) is 5.82 Å². The number of hydrogen-bond acceptors (Lipinski definition) is 7. The fraction of sp³-hybridized carbons (Fsp3) is 0.500. The largest absolute Gasteiger partial charge is 0.353 e. The van der Waals surface area contributed by atoms with Crippen molar-refractivity contribution in [2.75, 3.05) is 29.9 Å². The Labute approximate surface area is 151 Å². The predicted molar refractivity (Wildman–Crippen MR) is 98.7 cm³/mol. The van der Waals surface area contributed by atoms with Gasteiger partial charge < -0.3 is 9.80 Å². The van der Waals surface area contributed by atoms with Crippen LogP contribution in [0.4, 0.5) is 11.6 Å². The lowest BCUT2D eigenvalue weighted by Crippen LogP contribution is -2.59. The summed E-state index contributed by atoms with van der Waals surface area (Å²) in [7, 11) is 2.12. The van der Waals surface area contributed by atoms with E-state index in [1.54, 1.807) is 6.33 Å². The molecule has 1 saturated carbocycles. The van der Waals surface area contributed by atoms with Crippen molar-refractivity contribution in [2.45, 2.75) is 38.6 Å². The Kier molecular flexibility index (Phi) is 3.35. The number of rotatable bonds is 4. The molecule has 5 rings (SSSR count). The maximum Gasteiger partial charge on any atom is 0.254 e. The van der Waals surface area contributed by atoms with Gasteiger partial charge in [0.2, 0.25) is 0 Å². The molecule has 0 bridgehead atoms. The lowest BCUT2D eigenvalue weighted by Gasteiger charge is -2.45. The van der Waals surface area contributed by atoms with Gasteiger partial charge in [-0.15, -0.1) is 5.10 Å². The van der Waals surface area contributed by atoms with E-state index in [-0.39, 0.29) is 0 Å². The van der Waals surface area contributed by atoms with E-state index in [1.807, 2.05) is 11.4 Å². The van der Waals surface area contributed by atoms with Crippen molar-refractivity contribution in [1.82, 2.24) is 29.8 Å². The van der Waals surface area contributed by atoms with E-state index in [0.29, 0.717) is 17.7 Å². The quantitative estimate of drug-likeness (QED) is 0.709. The summed E-state index contributed by atoms with van der Waals surface area (Å²) >= 11 is 0. The zero-order valence-electron chi connectivity index (χ0n) is 15.3. The van der Waals surface area contributed by atoms with Crippen molar-refractivity contribution < 1.29 is 0 Å². The minimum atomic E-state index is 0.396. The van der Waals surface area contributed by atoms with Crippen LogP contribution in [0.25, 0.3) is 5.78 Å². The SMILES string of the molecule is Cc1nc2ncnn2c(N(C)C2CN(c3ccc(C4CC4)nn3)C2)c1C. The molecule has 3 aromatic rings. The zero-order chi connectivity index (χ0) is 17.8. The minimum absolute atomic E-state index is 0.396. The molecule has 0 N–H and O–H groups in total. The molecule has 2 fully saturated rings. The molecule has 134 valence electrons. The van der Waals surface area contributed by atoms with E-state index in [9.17, 15) is 0 Å². The number of likely N-dealkylation sites (N-methyl/N-ethyl adjacent to an activating group) is 1. The van der Waals surface area contributed by atoms with Crippen LogP contribution in [-0.4, -0.2) is 56.0 Å².